The molecular formula is C29H23F3N4O2. The first-order valence-corrected chi connectivity index (χ1v) is 11.6. The number of carbonyl (C=O) groups excluding carboxylic acids is 2. The number of amides is 1. The molecule has 1 amide bonds. The van der Waals surface area contributed by atoms with E-state index in [-0.39, 0.29) is 16.8 Å². The van der Waals surface area contributed by atoms with Crippen LogP contribution in [0.1, 0.15) is 38.4 Å². The number of carbonyl (C=O) groups is 2. The molecule has 4 rings (SSSR count). The normalized spacial score (nSPS) is 11.2. The average Bonchev–Trinajstić information content (AvgIpc) is 2.90. The molecule has 0 fully saturated rings. The van der Waals surface area contributed by atoms with Crippen LogP contribution in [0.5, 0.6) is 0 Å². The molecular weight excluding hydrogens is 493 g/mol. The summed E-state index contributed by atoms with van der Waals surface area (Å²) in [6.45, 7) is 5.19. The molecule has 0 saturated carbocycles. The number of ketones is 1. The number of alkyl halides is 3. The molecule has 0 unspecified atom stereocenters. The summed E-state index contributed by atoms with van der Waals surface area (Å²) >= 11 is 0. The van der Waals surface area contributed by atoms with Crippen LogP contribution in [0.4, 0.5) is 18.9 Å². The third-order valence-corrected chi connectivity index (χ3v) is 5.89. The summed E-state index contributed by atoms with van der Waals surface area (Å²) in [5, 5.41) is 2.52. The summed E-state index contributed by atoms with van der Waals surface area (Å²) < 4.78 is 40.9. The van der Waals surface area contributed by atoms with Crippen molar-refractivity contribution in [3.8, 4) is 11.3 Å². The van der Waals surface area contributed by atoms with Crippen molar-refractivity contribution in [3.63, 3.8) is 0 Å². The van der Waals surface area contributed by atoms with Crippen molar-refractivity contribution in [2.24, 2.45) is 0 Å². The average molecular weight is 517 g/mol. The van der Waals surface area contributed by atoms with Crippen LogP contribution in [-0.4, -0.2) is 26.6 Å². The van der Waals surface area contributed by atoms with Crippen LogP contribution >= 0.6 is 0 Å². The van der Waals surface area contributed by atoms with E-state index in [1.54, 1.807) is 42.9 Å². The van der Waals surface area contributed by atoms with Crippen LogP contribution in [0.3, 0.4) is 0 Å². The topological polar surface area (TPSA) is 84.8 Å². The molecule has 0 radical (unpaired) electrons. The van der Waals surface area contributed by atoms with Crippen LogP contribution in [0, 0.1) is 6.92 Å². The van der Waals surface area contributed by atoms with Gasteiger partial charge in [0, 0.05) is 48.2 Å². The van der Waals surface area contributed by atoms with E-state index in [1.165, 1.54) is 12.1 Å². The van der Waals surface area contributed by atoms with Gasteiger partial charge < -0.3 is 5.32 Å². The molecule has 2 aromatic carbocycles. The summed E-state index contributed by atoms with van der Waals surface area (Å²) in [4.78, 5) is 37.6. The number of aryl methyl sites for hydroxylation is 1. The van der Waals surface area contributed by atoms with Crippen molar-refractivity contribution in [2.75, 3.05) is 5.32 Å². The maximum Gasteiger partial charge on any atom is 0.416 e. The Morgan fingerprint density at radius 2 is 1.84 bits per heavy atom. The summed E-state index contributed by atoms with van der Waals surface area (Å²) in [5.41, 5.74) is 2.34. The molecule has 0 atom stereocenters. The third kappa shape index (κ3) is 6.36. The number of anilines is 1. The Hall–Kier alpha value is -4.66. The molecule has 4 aromatic rings. The van der Waals surface area contributed by atoms with Crippen molar-refractivity contribution in [3.05, 3.63) is 119 Å². The highest BCUT2D eigenvalue weighted by Gasteiger charge is 2.34. The number of halogens is 3. The van der Waals surface area contributed by atoms with E-state index in [1.807, 2.05) is 19.1 Å². The van der Waals surface area contributed by atoms with Crippen molar-refractivity contribution in [2.45, 2.75) is 25.9 Å². The summed E-state index contributed by atoms with van der Waals surface area (Å²) in [6, 6.07) is 13.9. The van der Waals surface area contributed by atoms with Gasteiger partial charge in [0.2, 0.25) is 0 Å². The summed E-state index contributed by atoms with van der Waals surface area (Å²) in [5.74, 6) is -0.555. The van der Waals surface area contributed by atoms with E-state index in [0.717, 1.165) is 28.8 Å². The Kier molecular flexibility index (Phi) is 7.76. The summed E-state index contributed by atoms with van der Waals surface area (Å²) in [7, 11) is 0. The number of benzene rings is 2. The minimum Gasteiger partial charge on any atom is -0.322 e. The smallest absolute Gasteiger partial charge is 0.322 e. The Balaban J connectivity index is 1.56. The molecule has 192 valence electrons. The van der Waals surface area contributed by atoms with Crippen LogP contribution in [0.15, 0.2) is 85.8 Å². The molecule has 6 nitrogen and oxygen atoms in total. The zero-order chi connectivity index (χ0) is 27.3. The van der Waals surface area contributed by atoms with Gasteiger partial charge >= 0.3 is 6.18 Å². The van der Waals surface area contributed by atoms with Crippen molar-refractivity contribution in [1.29, 1.82) is 0 Å². The van der Waals surface area contributed by atoms with Gasteiger partial charge in [-0.1, -0.05) is 18.7 Å². The van der Waals surface area contributed by atoms with Crippen molar-refractivity contribution in [1.82, 2.24) is 15.0 Å². The van der Waals surface area contributed by atoms with E-state index in [4.69, 9.17) is 0 Å². The van der Waals surface area contributed by atoms with Gasteiger partial charge in [-0.25, -0.2) is 9.97 Å². The second kappa shape index (κ2) is 11.2. The first kappa shape index (κ1) is 26.4. The Morgan fingerprint density at radius 1 is 1.03 bits per heavy atom. The van der Waals surface area contributed by atoms with Crippen LogP contribution in [0.25, 0.3) is 11.3 Å². The van der Waals surface area contributed by atoms with Gasteiger partial charge in [0.15, 0.2) is 5.78 Å². The van der Waals surface area contributed by atoms with Gasteiger partial charge in [-0.05, 0) is 72.2 Å². The fourth-order valence-electron chi connectivity index (χ4n) is 3.87. The monoisotopic (exact) mass is 516 g/mol. The predicted octanol–water partition coefficient (Wildman–Crippen LogP) is 6.01. The van der Waals surface area contributed by atoms with Crippen molar-refractivity contribution < 1.29 is 22.8 Å². The SMILES string of the molecule is C=CC(=O)Cc1ccc(NC(=O)c2ccc(C)c(Cc3nccc(-c4cccnc4)n3)c2)cc1C(F)(F)F. The molecule has 2 heterocycles. The van der Waals surface area contributed by atoms with E-state index in [0.29, 0.717) is 17.9 Å². The Morgan fingerprint density at radius 3 is 2.55 bits per heavy atom. The molecule has 0 aliphatic rings. The quantitative estimate of drug-likeness (QED) is 0.290. The van der Waals surface area contributed by atoms with E-state index < -0.39 is 29.9 Å². The Bertz CT molecular complexity index is 1500. The lowest BCUT2D eigenvalue weighted by Gasteiger charge is -2.15. The number of nitrogens with zero attached hydrogens (tertiary/aromatic N) is 3. The second-order valence-electron chi connectivity index (χ2n) is 8.59. The minimum absolute atomic E-state index is 0.0354. The number of aromatic nitrogens is 3. The van der Waals surface area contributed by atoms with Gasteiger partial charge in [0.05, 0.1) is 11.3 Å². The first-order valence-electron chi connectivity index (χ1n) is 11.6. The molecule has 1 N–H and O–H groups in total. The van der Waals surface area contributed by atoms with Crippen molar-refractivity contribution >= 4 is 17.4 Å². The van der Waals surface area contributed by atoms with Crippen LogP contribution in [0.2, 0.25) is 0 Å². The van der Waals surface area contributed by atoms with Gasteiger partial charge in [0.25, 0.3) is 5.91 Å². The third-order valence-electron chi connectivity index (χ3n) is 5.89. The van der Waals surface area contributed by atoms with E-state index in [9.17, 15) is 22.8 Å². The van der Waals surface area contributed by atoms with Gasteiger partial charge in [-0.2, -0.15) is 13.2 Å². The molecule has 0 aliphatic carbocycles. The molecule has 38 heavy (non-hydrogen) atoms. The number of hydrogen-bond donors (Lipinski definition) is 1. The molecule has 0 aliphatic heterocycles. The highest BCUT2D eigenvalue weighted by Crippen LogP contribution is 2.34. The predicted molar refractivity (Wildman–Crippen MR) is 138 cm³/mol. The van der Waals surface area contributed by atoms with Gasteiger partial charge in [0.1, 0.15) is 5.82 Å². The maximum absolute atomic E-state index is 13.6. The second-order valence-corrected chi connectivity index (χ2v) is 8.59. The van der Waals surface area contributed by atoms with Crippen LogP contribution < -0.4 is 5.32 Å². The van der Waals surface area contributed by atoms with E-state index >= 15 is 0 Å². The van der Waals surface area contributed by atoms with Gasteiger partial charge in [-0.3, -0.25) is 14.6 Å². The fourth-order valence-corrected chi connectivity index (χ4v) is 3.87. The number of pyridine rings is 1. The molecule has 2 aromatic heterocycles. The number of hydrogen-bond acceptors (Lipinski definition) is 5. The highest BCUT2D eigenvalue weighted by molar-refractivity contribution is 6.04. The largest absolute Gasteiger partial charge is 0.416 e. The number of rotatable bonds is 8. The lowest BCUT2D eigenvalue weighted by atomic mass is 10.00. The Labute approximate surface area is 217 Å². The zero-order valence-corrected chi connectivity index (χ0v) is 20.4. The minimum atomic E-state index is -4.70. The highest BCUT2D eigenvalue weighted by atomic mass is 19.4. The summed E-state index contributed by atoms with van der Waals surface area (Å²) in [6.07, 6.45) is 1.23. The first-order chi connectivity index (χ1) is 18.1. The molecule has 0 spiro atoms. The molecule has 0 saturated heterocycles. The van der Waals surface area contributed by atoms with Crippen LogP contribution in [-0.2, 0) is 23.8 Å². The number of nitrogens with one attached hydrogen (secondary N) is 1. The lowest BCUT2D eigenvalue weighted by Crippen LogP contribution is -2.16. The zero-order valence-electron chi connectivity index (χ0n) is 20.4. The molecule has 9 heteroatoms. The number of allylic oxidation sites excluding steroid dienone is 1. The lowest BCUT2D eigenvalue weighted by molar-refractivity contribution is -0.138. The maximum atomic E-state index is 13.6. The fraction of sp³-hybridized carbons (Fsp3) is 0.138. The standard InChI is InChI=1S/C29H23F3N4O2/c1-3-24(37)14-19-8-9-23(16-25(19)29(30,31)32)35-28(38)20-7-6-18(2)22(13-20)15-27-34-12-10-26(36-27)21-5-4-11-33-17-21/h3-13,16-17H,1,14-15H2,2H3,(H,35,38). The van der Waals surface area contributed by atoms with E-state index in [2.05, 4.69) is 26.8 Å². The molecule has 0 bridgehead atoms. The van der Waals surface area contributed by atoms with Gasteiger partial charge in [-0.15, -0.1) is 0 Å².